The van der Waals surface area contributed by atoms with Crippen molar-refractivity contribution in [3.8, 4) is 0 Å². The van der Waals surface area contributed by atoms with Crippen molar-refractivity contribution in [2.75, 3.05) is 19.0 Å². The maximum atomic E-state index is 5.91. The lowest BCUT2D eigenvalue weighted by molar-refractivity contribution is 0.575. The number of rotatable bonds is 5. The predicted octanol–water partition coefficient (Wildman–Crippen LogP) is 4.26. The van der Waals surface area contributed by atoms with Gasteiger partial charge in [0, 0.05) is 37.4 Å². The first-order chi connectivity index (χ1) is 9.56. The highest BCUT2D eigenvalue weighted by Gasteiger charge is 2.04. The average Bonchev–Trinajstić information content (AvgIpc) is 2.46. The van der Waals surface area contributed by atoms with Crippen LogP contribution in [-0.4, -0.2) is 14.1 Å². The first-order valence-electron chi connectivity index (χ1n) is 6.81. The second kappa shape index (κ2) is 6.78. The van der Waals surface area contributed by atoms with E-state index < -0.39 is 0 Å². The Kier molecular flexibility index (Phi) is 5.05. The minimum atomic E-state index is 0.306. The number of nitrogens with one attached hydrogen (secondary N) is 1. The normalized spacial score (nSPS) is 12.2. The van der Waals surface area contributed by atoms with Crippen LogP contribution in [0.5, 0.6) is 0 Å². The van der Waals surface area contributed by atoms with Crippen molar-refractivity contribution < 1.29 is 0 Å². The van der Waals surface area contributed by atoms with Crippen molar-refractivity contribution in [3.05, 3.63) is 64.7 Å². The molecular weight excluding hydrogens is 268 g/mol. The van der Waals surface area contributed by atoms with Gasteiger partial charge in [-0.1, -0.05) is 35.9 Å². The molecule has 0 heterocycles. The highest BCUT2D eigenvalue weighted by molar-refractivity contribution is 6.30. The molecule has 1 atom stereocenters. The van der Waals surface area contributed by atoms with Gasteiger partial charge in [0.2, 0.25) is 0 Å². The summed E-state index contributed by atoms with van der Waals surface area (Å²) in [6.45, 7) is 3.02. The molecule has 0 aromatic heterocycles. The fourth-order valence-electron chi connectivity index (χ4n) is 2.05. The molecule has 0 bridgehead atoms. The monoisotopic (exact) mass is 288 g/mol. The van der Waals surface area contributed by atoms with Gasteiger partial charge in [-0.05, 0) is 42.3 Å². The van der Waals surface area contributed by atoms with Crippen LogP contribution in [0.3, 0.4) is 0 Å². The Morgan fingerprint density at radius 1 is 1.00 bits per heavy atom. The number of nitrogens with zero attached hydrogens (tertiary/aromatic N) is 1. The van der Waals surface area contributed by atoms with Crippen molar-refractivity contribution in [3.63, 3.8) is 0 Å². The van der Waals surface area contributed by atoms with Crippen LogP contribution in [0.4, 0.5) is 5.69 Å². The Morgan fingerprint density at radius 2 is 1.60 bits per heavy atom. The van der Waals surface area contributed by atoms with Crippen molar-refractivity contribution in [1.29, 1.82) is 0 Å². The van der Waals surface area contributed by atoms with Crippen LogP contribution in [0.1, 0.15) is 24.1 Å². The molecule has 106 valence electrons. The number of hydrogen-bond donors (Lipinski definition) is 1. The summed E-state index contributed by atoms with van der Waals surface area (Å²) >= 11 is 5.91. The Hall–Kier alpha value is -1.51. The van der Waals surface area contributed by atoms with Gasteiger partial charge in [0.15, 0.2) is 0 Å². The van der Waals surface area contributed by atoms with E-state index in [0.717, 1.165) is 11.6 Å². The number of hydrogen-bond acceptors (Lipinski definition) is 2. The van der Waals surface area contributed by atoms with E-state index in [9.17, 15) is 0 Å². The van der Waals surface area contributed by atoms with Gasteiger partial charge in [-0.2, -0.15) is 0 Å². The Bertz CT molecular complexity index is 532. The van der Waals surface area contributed by atoms with Gasteiger partial charge in [-0.25, -0.2) is 0 Å². The molecule has 0 aliphatic rings. The van der Waals surface area contributed by atoms with Crippen molar-refractivity contribution in [1.82, 2.24) is 5.32 Å². The molecule has 2 rings (SSSR count). The fourth-order valence-corrected chi connectivity index (χ4v) is 2.18. The maximum absolute atomic E-state index is 5.91. The molecule has 0 aliphatic carbocycles. The number of halogens is 1. The number of benzene rings is 2. The van der Waals surface area contributed by atoms with Crippen LogP contribution >= 0.6 is 11.6 Å². The summed E-state index contributed by atoms with van der Waals surface area (Å²) in [7, 11) is 4.10. The van der Waals surface area contributed by atoms with E-state index in [4.69, 9.17) is 11.6 Å². The minimum Gasteiger partial charge on any atom is -0.378 e. The van der Waals surface area contributed by atoms with Gasteiger partial charge in [-0.15, -0.1) is 0 Å². The first-order valence-corrected chi connectivity index (χ1v) is 7.19. The molecule has 0 amide bonds. The van der Waals surface area contributed by atoms with E-state index in [1.165, 1.54) is 16.8 Å². The zero-order chi connectivity index (χ0) is 14.5. The van der Waals surface area contributed by atoms with Crippen molar-refractivity contribution in [2.45, 2.75) is 19.5 Å². The van der Waals surface area contributed by atoms with Crippen LogP contribution < -0.4 is 10.2 Å². The molecule has 2 aromatic rings. The Morgan fingerprint density at radius 3 is 2.15 bits per heavy atom. The highest BCUT2D eigenvalue weighted by atomic mass is 35.5. The molecule has 2 nitrogen and oxygen atoms in total. The zero-order valence-corrected chi connectivity index (χ0v) is 13.0. The molecule has 3 heteroatoms. The maximum Gasteiger partial charge on any atom is 0.0406 e. The predicted molar refractivity (Wildman–Crippen MR) is 87.5 cm³/mol. The van der Waals surface area contributed by atoms with Gasteiger partial charge in [0.25, 0.3) is 0 Å². The second-order valence-electron chi connectivity index (χ2n) is 5.22. The molecule has 0 fully saturated rings. The summed E-state index contributed by atoms with van der Waals surface area (Å²) in [6.07, 6.45) is 0. The van der Waals surface area contributed by atoms with Gasteiger partial charge in [-0.3, -0.25) is 0 Å². The summed E-state index contributed by atoms with van der Waals surface area (Å²) in [6, 6.07) is 16.9. The SMILES string of the molecule is C[C@H](NCc1ccc(N(C)C)cc1)c1ccc(Cl)cc1. The Labute approximate surface area is 126 Å². The topological polar surface area (TPSA) is 15.3 Å². The fraction of sp³-hybridized carbons (Fsp3) is 0.294. The van der Waals surface area contributed by atoms with Crippen LogP contribution in [0, 0.1) is 0 Å². The molecule has 0 radical (unpaired) electrons. The van der Waals surface area contributed by atoms with E-state index in [-0.39, 0.29) is 0 Å². The van der Waals surface area contributed by atoms with E-state index >= 15 is 0 Å². The van der Waals surface area contributed by atoms with Crippen LogP contribution in [0.15, 0.2) is 48.5 Å². The lowest BCUT2D eigenvalue weighted by Crippen LogP contribution is -2.18. The van der Waals surface area contributed by atoms with Crippen LogP contribution in [0.2, 0.25) is 5.02 Å². The summed E-state index contributed by atoms with van der Waals surface area (Å²) < 4.78 is 0. The van der Waals surface area contributed by atoms with Crippen molar-refractivity contribution >= 4 is 17.3 Å². The quantitative estimate of drug-likeness (QED) is 0.884. The third-order valence-electron chi connectivity index (χ3n) is 3.44. The van der Waals surface area contributed by atoms with E-state index in [1.54, 1.807) is 0 Å². The van der Waals surface area contributed by atoms with Crippen molar-refractivity contribution in [2.24, 2.45) is 0 Å². The van der Waals surface area contributed by atoms with Gasteiger partial charge < -0.3 is 10.2 Å². The highest BCUT2D eigenvalue weighted by Crippen LogP contribution is 2.17. The van der Waals surface area contributed by atoms with Crippen LogP contribution in [0.25, 0.3) is 0 Å². The molecule has 1 N–H and O–H groups in total. The molecule has 0 saturated heterocycles. The van der Waals surface area contributed by atoms with Gasteiger partial charge in [0.05, 0.1) is 0 Å². The molecule has 0 aliphatic heterocycles. The summed E-state index contributed by atoms with van der Waals surface area (Å²) in [5, 5.41) is 4.30. The first kappa shape index (κ1) is 14.9. The zero-order valence-electron chi connectivity index (χ0n) is 12.2. The molecule has 0 spiro atoms. The van der Waals surface area contributed by atoms with E-state index in [2.05, 4.69) is 67.6 Å². The molecule has 0 unspecified atom stereocenters. The second-order valence-corrected chi connectivity index (χ2v) is 5.65. The lowest BCUT2D eigenvalue weighted by atomic mass is 10.1. The lowest BCUT2D eigenvalue weighted by Gasteiger charge is -2.16. The summed E-state index contributed by atoms with van der Waals surface area (Å²) in [5.74, 6) is 0. The minimum absolute atomic E-state index is 0.306. The van der Waals surface area contributed by atoms with E-state index in [1.807, 2.05) is 12.1 Å². The van der Waals surface area contributed by atoms with Gasteiger partial charge >= 0.3 is 0 Å². The molecule has 20 heavy (non-hydrogen) atoms. The molecular formula is C17H21ClN2. The van der Waals surface area contributed by atoms with Crippen LogP contribution in [-0.2, 0) is 6.54 Å². The standard InChI is InChI=1S/C17H21ClN2/c1-13(15-6-8-16(18)9-7-15)19-12-14-4-10-17(11-5-14)20(2)3/h4-11,13,19H,12H2,1-3H3/t13-/m0/s1. The largest absolute Gasteiger partial charge is 0.378 e. The summed E-state index contributed by atoms with van der Waals surface area (Å²) in [4.78, 5) is 2.10. The number of anilines is 1. The average molecular weight is 289 g/mol. The summed E-state index contributed by atoms with van der Waals surface area (Å²) in [5.41, 5.74) is 3.76. The van der Waals surface area contributed by atoms with E-state index in [0.29, 0.717) is 6.04 Å². The Balaban J connectivity index is 1.92. The third-order valence-corrected chi connectivity index (χ3v) is 3.69. The van der Waals surface area contributed by atoms with Gasteiger partial charge in [0.1, 0.15) is 0 Å². The smallest absolute Gasteiger partial charge is 0.0406 e. The molecule has 2 aromatic carbocycles. The third kappa shape index (κ3) is 3.99. The molecule has 0 saturated carbocycles.